The van der Waals surface area contributed by atoms with Crippen molar-refractivity contribution in [2.45, 2.75) is 45.8 Å². The molecule has 2 heterocycles. The summed E-state index contributed by atoms with van der Waals surface area (Å²) in [7, 11) is 0. The normalized spacial score (nSPS) is 11.6. The second-order valence-corrected chi connectivity index (χ2v) is 10.8. The fourth-order valence-corrected chi connectivity index (χ4v) is 5.52. The highest BCUT2D eigenvalue weighted by Crippen LogP contribution is 2.32. The zero-order chi connectivity index (χ0) is 25.3. The van der Waals surface area contributed by atoms with Crippen molar-refractivity contribution in [1.82, 2.24) is 10.3 Å². The summed E-state index contributed by atoms with van der Waals surface area (Å²) in [6, 6.07) is 21.0. The summed E-state index contributed by atoms with van der Waals surface area (Å²) >= 11 is 2.99. The van der Waals surface area contributed by atoms with E-state index in [1.807, 2.05) is 80.6 Å². The van der Waals surface area contributed by atoms with Crippen LogP contribution < -0.4 is 15.4 Å². The minimum Gasteiger partial charge on any atom is -0.489 e. The summed E-state index contributed by atoms with van der Waals surface area (Å²) in [5.41, 5.74) is 2.04. The van der Waals surface area contributed by atoms with Crippen molar-refractivity contribution < 1.29 is 14.3 Å². The minimum absolute atomic E-state index is 0.155. The number of nitrogens with zero attached hydrogens (tertiary/aromatic N) is 1. The molecule has 4 aromatic rings. The quantitative estimate of drug-likeness (QED) is 0.246. The van der Waals surface area contributed by atoms with Crippen LogP contribution in [0.1, 0.15) is 35.1 Å². The predicted molar refractivity (Wildman–Crippen MR) is 147 cm³/mol. The molecule has 36 heavy (non-hydrogen) atoms. The van der Waals surface area contributed by atoms with Crippen LogP contribution in [-0.4, -0.2) is 22.8 Å². The molecule has 0 fully saturated rings. The third kappa shape index (κ3) is 7.02. The number of aryl methyl sites for hydroxylation is 1. The molecule has 0 aliphatic rings. The second kappa shape index (κ2) is 12.5. The number of para-hydroxylation sites is 1. The Labute approximate surface area is 219 Å². The van der Waals surface area contributed by atoms with Crippen molar-refractivity contribution >= 4 is 39.6 Å². The zero-order valence-corrected chi connectivity index (χ0v) is 22.0. The molecule has 186 valence electrons. The van der Waals surface area contributed by atoms with Crippen LogP contribution >= 0.6 is 22.7 Å². The van der Waals surface area contributed by atoms with Crippen LogP contribution in [0.25, 0.3) is 10.4 Å². The Balaban J connectivity index is 1.40. The van der Waals surface area contributed by atoms with Crippen molar-refractivity contribution in [3.63, 3.8) is 0 Å². The minimum atomic E-state index is -0.609. The first-order valence-electron chi connectivity index (χ1n) is 11.9. The third-order valence-corrected chi connectivity index (χ3v) is 7.46. The molecule has 0 aliphatic carbocycles. The van der Waals surface area contributed by atoms with Gasteiger partial charge in [-0.3, -0.25) is 9.59 Å². The van der Waals surface area contributed by atoms with E-state index in [9.17, 15) is 9.59 Å². The summed E-state index contributed by atoms with van der Waals surface area (Å²) in [5, 5.41) is 6.28. The molecular weight excluding hydrogens is 490 g/mol. The summed E-state index contributed by atoms with van der Waals surface area (Å²) < 4.78 is 5.94. The van der Waals surface area contributed by atoms with Gasteiger partial charge in [0.2, 0.25) is 11.8 Å². The van der Waals surface area contributed by atoms with E-state index in [-0.39, 0.29) is 18.2 Å². The van der Waals surface area contributed by atoms with Gasteiger partial charge in [0.25, 0.3) is 0 Å². The molecule has 0 spiro atoms. The maximum atomic E-state index is 13.0. The average molecular weight is 520 g/mol. The molecule has 0 saturated heterocycles. The molecule has 0 aliphatic heterocycles. The van der Waals surface area contributed by atoms with Gasteiger partial charge in [-0.2, -0.15) is 0 Å². The number of carbonyl (C=O) groups is 2. The van der Waals surface area contributed by atoms with Crippen molar-refractivity contribution in [3.8, 4) is 16.2 Å². The number of rotatable bonds is 11. The molecule has 8 heteroatoms. The van der Waals surface area contributed by atoms with Crippen LogP contribution in [0, 0.1) is 6.92 Å². The Kier molecular flexibility index (Phi) is 8.86. The molecule has 0 unspecified atom stereocenters. The summed E-state index contributed by atoms with van der Waals surface area (Å²) in [6.45, 7) is 4.43. The van der Waals surface area contributed by atoms with Gasteiger partial charge in [0, 0.05) is 16.0 Å². The van der Waals surface area contributed by atoms with Crippen molar-refractivity contribution in [1.29, 1.82) is 0 Å². The van der Waals surface area contributed by atoms with E-state index in [1.54, 1.807) is 17.5 Å². The Morgan fingerprint density at radius 3 is 2.53 bits per heavy atom. The van der Waals surface area contributed by atoms with Crippen molar-refractivity contribution in [3.05, 3.63) is 88.2 Å². The lowest BCUT2D eigenvalue weighted by molar-refractivity contribution is -0.126. The molecular formula is C28H29N3O3S2. The molecule has 2 N–H and O–H groups in total. The number of benzene rings is 2. The standard InChI is InChI=1S/C28H29N3O3S2/c1-3-9-24(30-26(32)16-22-15-14-19(2)35-22)27(33)31-28-29-17-25(36-28)23-13-8-7-10-20(23)18-34-21-11-5-4-6-12-21/h4-8,10-15,17,24H,3,9,16,18H2,1-2H3,(H,30,32)(H,29,31,33)/t24-/m0/s1. The Hall–Kier alpha value is -3.49. The highest BCUT2D eigenvalue weighted by atomic mass is 32.1. The second-order valence-electron chi connectivity index (χ2n) is 8.38. The first-order chi connectivity index (χ1) is 17.5. The Morgan fingerprint density at radius 2 is 1.78 bits per heavy atom. The van der Waals surface area contributed by atoms with Gasteiger partial charge in [-0.05, 0) is 48.7 Å². The van der Waals surface area contributed by atoms with Crippen molar-refractivity contribution in [2.75, 3.05) is 5.32 Å². The lowest BCUT2D eigenvalue weighted by Crippen LogP contribution is -2.44. The molecule has 1 atom stereocenters. The first-order valence-corrected chi connectivity index (χ1v) is 13.5. The number of aromatic nitrogens is 1. The van der Waals surface area contributed by atoms with Crippen LogP contribution in [-0.2, 0) is 22.6 Å². The molecule has 2 amide bonds. The van der Waals surface area contributed by atoms with Gasteiger partial charge >= 0.3 is 0 Å². The summed E-state index contributed by atoms with van der Waals surface area (Å²) in [5.74, 6) is 0.398. The number of hydrogen-bond donors (Lipinski definition) is 2. The van der Waals surface area contributed by atoms with Gasteiger partial charge < -0.3 is 15.4 Å². The van der Waals surface area contributed by atoms with Gasteiger partial charge in [0.1, 0.15) is 18.4 Å². The summed E-state index contributed by atoms with van der Waals surface area (Å²) in [6.07, 6.45) is 3.36. The molecule has 2 aromatic heterocycles. The van der Waals surface area contributed by atoms with Gasteiger partial charge in [0.05, 0.1) is 11.3 Å². The first kappa shape index (κ1) is 25.6. The van der Waals surface area contributed by atoms with E-state index in [1.165, 1.54) is 11.3 Å². The van der Waals surface area contributed by atoms with E-state index in [0.29, 0.717) is 18.2 Å². The molecule has 4 rings (SSSR count). The van der Waals surface area contributed by atoms with E-state index in [2.05, 4.69) is 15.6 Å². The number of thiophene rings is 1. The number of carbonyl (C=O) groups excluding carboxylic acids is 2. The van der Waals surface area contributed by atoms with Gasteiger partial charge in [-0.1, -0.05) is 67.1 Å². The van der Waals surface area contributed by atoms with E-state index < -0.39 is 6.04 Å². The van der Waals surface area contributed by atoms with Crippen molar-refractivity contribution in [2.24, 2.45) is 0 Å². The molecule has 0 saturated carbocycles. The predicted octanol–water partition coefficient (Wildman–Crippen LogP) is 6.23. The number of anilines is 1. The van der Waals surface area contributed by atoms with Crippen LogP contribution in [0.3, 0.4) is 0 Å². The Morgan fingerprint density at radius 1 is 1.00 bits per heavy atom. The number of ether oxygens (including phenoxy) is 1. The molecule has 0 radical (unpaired) electrons. The van der Waals surface area contributed by atoms with E-state index in [0.717, 1.165) is 37.9 Å². The Bertz CT molecular complexity index is 1300. The number of thiazole rings is 1. The summed E-state index contributed by atoms with van der Waals surface area (Å²) in [4.78, 5) is 33.0. The largest absolute Gasteiger partial charge is 0.489 e. The average Bonchev–Trinajstić information content (AvgIpc) is 3.51. The highest BCUT2D eigenvalue weighted by molar-refractivity contribution is 7.19. The number of hydrogen-bond acceptors (Lipinski definition) is 6. The van der Waals surface area contributed by atoms with E-state index >= 15 is 0 Å². The van der Waals surface area contributed by atoms with E-state index in [4.69, 9.17) is 4.74 Å². The molecule has 0 bridgehead atoms. The molecule has 6 nitrogen and oxygen atoms in total. The third-order valence-electron chi connectivity index (χ3n) is 5.52. The maximum absolute atomic E-state index is 13.0. The maximum Gasteiger partial charge on any atom is 0.248 e. The van der Waals surface area contributed by atoms with Crippen LogP contribution in [0.2, 0.25) is 0 Å². The SMILES string of the molecule is CCC[C@H](NC(=O)Cc1ccc(C)s1)C(=O)Nc1ncc(-c2ccccc2COc2ccccc2)s1. The lowest BCUT2D eigenvalue weighted by atomic mass is 10.1. The molecule has 2 aromatic carbocycles. The van der Waals surface area contributed by atoms with Crippen LogP contribution in [0.4, 0.5) is 5.13 Å². The van der Waals surface area contributed by atoms with Crippen LogP contribution in [0.15, 0.2) is 72.9 Å². The fraction of sp³-hybridized carbons (Fsp3) is 0.250. The highest BCUT2D eigenvalue weighted by Gasteiger charge is 2.22. The fourth-order valence-electron chi connectivity index (χ4n) is 3.75. The van der Waals surface area contributed by atoms with Gasteiger partial charge in [-0.15, -0.1) is 11.3 Å². The smallest absolute Gasteiger partial charge is 0.248 e. The topological polar surface area (TPSA) is 80.3 Å². The number of amides is 2. The number of nitrogens with one attached hydrogen (secondary N) is 2. The monoisotopic (exact) mass is 519 g/mol. The van der Waals surface area contributed by atoms with Gasteiger partial charge in [0.15, 0.2) is 5.13 Å². The lowest BCUT2D eigenvalue weighted by Gasteiger charge is -2.16. The van der Waals surface area contributed by atoms with Gasteiger partial charge in [-0.25, -0.2) is 4.98 Å². The zero-order valence-electron chi connectivity index (χ0n) is 20.3. The van der Waals surface area contributed by atoms with Crippen LogP contribution in [0.5, 0.6) is 5.75 Å².